The van der Waals surface area contributed by atoms with Crippen LogP contribution >= 0.6 is 0 Å². The molecule has 0 N–H and O–H groups in total. The van der Waals surface area contributed by atoms with Gasteiger partial charge in [-0.15, -0.1) is 0 Å². The summed E-state index contributed by atoms with van der Waals surface area (Å²) in [5.74, 6) is -1.74. The van der Waals surface area contributed by atoms with Crippen LogP contribution in [0.4, 0.5) is 8.78 Å². The molecule has 0 spiro atoms. The Hall–Kier alpha value is -1.43. The first-order valence-corrected chi connectivity index (χ1v) is 4.43. The lowest BCUT2D eigenvalue weighted by atomic mass is 9.96. The van der Waals surface area contributed by atoms with Crippen molar-refractivity contribution in [2.24, 2.45) is 5.92 Å². The third kappa shape index (κ3) is 1.19. The van der Waals surface area contributed by atoms with Crippen LogP contribution in [0.3, 0.4) is 0 Å². The molecule has 1 fully saturated rings. The molecule has 0 aromatic heterocycles. The Kier molecular flexibility index (Phi) is 1.81. The minimum atomic E-state index is -0.841. The molecule has 0 radical (unpaired) electrons. The molecular weight excluding hydrogens is 184 g/mol. The summed E-state index contributed by atoms with van der Waals surface area (Å²) < 4.78 is 25.6. The molecule has 0 aliphatic heterocycles. The van der Waals surface area contributed by atoms with E-state index in [1.165, 1.54) is 6.07 Å². The van der Waals surface area contributed by atoms with E-state index in [1.807, 2.05) is 6.92 Å². The second-order valence-electron chi connectivity index (χ2n) is 3.93. The van der Waals surface area contributed by atoms with Gasteiger partial charge >= 0.3 is 0 Å². The van der Waals surface area contributed by atoms with Crippen molar-refractivity contribution < 1.29 is 8.78 Å². The fraction of sp³-hybridized carbons (Fsp3) is 0.364. The number of hydrogen-bond acceptors (Lipinski definition) is 1. The Bertz CT molecular complexity index is 422. The van der Waals surface area contributed by atoms with Crippen molar-refractivity contribution in [2.75, 3.05) is 0 Å². The maximum atomic E-state index is 12.9. The summed E-state index contributed by atoms with van der Waals surface area (Å²) in [6.07, 6.45) is 0.731. The zero-order chi connectivity index (χ0) is 10.3. The first kappa shape index (κ1) is 9.14. The SMILES string of the molecule is CC1(c2ccc(F)c(F)c2)CC1C#N. The van der Waals surface area contributed by atoms with Crippen LogP contribution in [0.2, 0.25) is 0 Å². The number of rotatable bonds is 1. The van der Waals surface area contributed by atoms with E-state index in [0.717, 1.165) is 12.5 Å². The molecule has 1 nitrogen and oxygen atoms in total. The van der Waals surface area contributed by atoms with E-state index in [1.54, 1.807) is 6.07 Å². The van der Waals surface area contributed by atoms with E-state index < -0.39 is 11.6 Å². The van der Waals surface area contributed by atoms with Crippen molar-refractivity contribution in [3.05, 3.63) is 35.4 Å². The molecule has 1 aromatic carbocycles. The van der Waals surface area contributed by atoms with Gasteiger partial charge in [0.1, 0.15) is 0 Å². The van der Waals surface area contributed by atoms with Crippen molar-refractivity contribution in [1.82, 2.24) is 0 Å². The summed E-state index contributed by atoms with van der Waals surface area (Å²) in [4.78, 5) is 0. The smallest absolute Gasteiger partial charge is 0.159 e. The van der Waals surface area contributed by atoms with Gasteiger partial charge in [0.25, 0.3) is 0 Å². The first-order valence-electron chi connectivity index (χ1n) is 4.43. The quantitative estimate of drug-likeness (QED) is 0.672. The van der Waals surface area contributed by atoms with Crippen molar-refractivity contribution in [3.63, 3.8) is 0 Å². The van der Waals surface area contributed by atoms with Crippen LogP contribution in [0.5, 0.6) is 0 Å². The summed E-state index contributed by atoms with van der Waals surface area (Å²) in [7, 11) is 0. The number of halogens is 2. The van der Waals surface area contributed by atoms with E-state index in [0.29, 0.717) is 5.56 Å². The van der Waals surface area contributed by atoms with Gasteiger partial charge < -0.3 is 0 Å². The predicted molar refractivity (Wildman–Crippen MR) is 47.4 cm³/mol. The highest BCUT2D eigenvalue weighted by molar-refractivity contribution is 5.36. The van der Waals surface area contributed by atoms with Crippen LogP contribution < -0.4 is 0 Å². The Morgan fingerprint density at radius 3 is 2.64 bits per heavy atom. The summed E-state index contributed by atoms with van der Waals surface area (Å²) in [5, 5.41) is 8.71. The molecule has 2 rings (SSSR count). The average Bonchev–Trinajstić information content (AvgIpc) is 2.83. The molecule has 14 heavy (non-hydrogen) atoms. The minimum absolute atomic E-state index is 0.0626. The number of nitrogens with zero attached hydrogens (tertiary/aromatic N) is 1. The van der Waals surface area contributed by atoms with Crippen molar-refractivity contribution in [1.29, 1.82) is 5.26 Å². The summed E-state index contributed by atoms with van der Waals surface area (Å²) in [5.41, 5.74) is 0.437. The lowest BCUT2D eigenvalue weighted by Crippen LogP contribution is -2.04. The van der Waals surface area contributed by atoms with E-state index in [4.69, 9.17) is 5.26 Å². The largest absolute Gasteiger partial charge is 0.204 e. The normalized spacial score (nSPS) is 29.7. The molecule has 0 heterocycles. The van der Waals surface area contributed by atoms with Gasteiger partial charge in [-0.25, -0.2) is 8.78 Å². The zero-order valence-corrected chi connectivity index (χ0v) is 7.72. The molecule has 1 aromatic rings. The van der Waals surface area contributed by atoms with Crippen LogP contribution in [0.15, 0.2) is 18.2 Å². The molecule has 1 saturated carbocycles. The van der Waals surface area contributed by atoms with Gasteiger partial charge in [-0.05, 0) is 24.1 Å². The minimum Gasteiger partial charge on any atom is -0.204 e. The fourth-order valence-electron chi connectivity index (χ4n) is 1.72. The van der Waals surface area contributed by atoms with Gasteiger partial charge in [0.15, 0.2) is 11.6 Å². The molecule has 2 atom stereocenters. The molecule has 3 heteroatoms. The fourth-order valence-corrected chi connectivity index (χ4v) is 1.72. The van der Waals surface area contributed by atoms with Gasteiger partial charge in [-0.3, -0.25) is 0 Å². The number of nitriles is 1. The summed E-state index contributed by atoms with van der Waals surface area (Å²) in [6, 6.07) is 6.00. The standard InChI is InChI=1S/C11H9F2N/c1-11(5-8(11)6-14)7-2-3-9(12)10(13)4-7/h2-4,8H,5H2,1H3. The van der Waals surface area contributed by atoms with Gasteiger partial charge in [-0.2, -0.15) is 5.26 Å². The maximum Gasteiger partial charge on any atom is 0.159 e. The third-order valence-electron chi connectivity index (χ3n) is 2.97. The number of hydrogen-bond donors (Lipinski definition) is 0. The highest BCUT2D eigenvalue weighted by atomic mass is 19.2. The van der Waals surface area contributed by atoms with Gasteiger partial charge in [0, 0.05) is 5.41 Å². The van der Waals surface area contributed by atoms with E-state index in [9.17, 15) is 8.78 Å². The van der Waals surface area contributed by atoms with Crippen molar-refractivity contribution in [3.8, 4) is 6.07 Å². The Morgan fingerprint density at radius 2 is 2.14 bits per heavy atom. The monoisotopic (exact) mass is 193 g/mol. The van der Waals surface area contributed by atoms with E-state index in [-0.39, 0.29) is 11.3 Å². The van der Waals surface area contributed by atoms with Crippen LogP contribution in [-0.4, -0.2) is 0 Å². The Morgan fingerprint density at radius 1 is 1.43 bits per heavy atom. The zero-order valence-electron chi connectivity index (χ0n) is 7.72. The summed E-state index contributed by atoms with van der Waals surface area (Å²) >= 11 is 0. The summed E-state index contributed by atoms with van der Waals surface area (Å²) in [6.45, 7) is 1.90. The highest BCUT2D eigenvalue weighted by Gasteiger charge is 2.51. The molecule has 0 bridgehead atoms. The molecule has 0 saturated heterocycles. The lowest BCUT2D eigenvalue weighted by molar-refractivity contribution is 0.505. The van der Waals surface area contributed by atoms with Crippen LogP contribution in [0, 0.1) is 28.9 Å². The molecule has 1 aliphatic carbocycles. The van der Waals surface area contributed by atoms with Crippen LogP contribution in [0.25, 0.3) is 0 Å². The van der Waals surface area contributed by atoms with Crippen LogP contribution in [-0.2, 0) is 5.41 Å². The Labute approximate surface area is 81.0 Å². The lowest BCUT2D eigenvalue weighted by Gasteiger charge is -2.09. The average molecular weight is 193 g/mol. The molecule has 0 amide bonds. The predicted octanol–water partition coefficient (Wildman–Crippen LogP) is 2.77. The molecule has 1 aliphatic rings. The highest BCUT2D eigenvalue weighted by Crippen LogP contribution is 2.53. The second-order valence-corrected chi connectivity index (χ2v) is 3.93. The maximum absolute atomic E-state index is 12.9. The molecular formula is C11H9F2N. The first-order chi connectivity index (χ1) is 6.58. The van der Waals surface area contributed by atoms with Crippen LogP contribution in [0.1, 0.15) is 18.9 Å². The van der Waals surface area contributed by atoms with Crippen molar-refractivity contribution >= 4 is 0 Å². The third-order valence-corrected chi connectivity index (χ3v) is 2.97. The van der Waals surface area contributed by atoms with Crippen molar-refractivity contribution in [2.45, 2.75) is 18.8 Å². The van der Waals surface area contributed by atoms with Gasteiger partial charge in [0.05, 0.1) is 12.0 Å². The Balaban J connectivity index is 2.36. The number of benzene rings is 1. The van der Waals surface area contributed by atoms with E-state index >= 15 is 0 Å². The topological polar surface area (TPSA) is 23.8 Å². The van der Waals surface area contributed by atoms with E-state index in [2.05, 4.69) is 6.07 Å². The molecule has 2 unspecified atom stereocenters. The van der Waals surface area contributed by atoms with Gasteiger partial charge in [0.2, 0.25) is 0 Å². The molecule has 72 valence electrons. The second kappa shape index (κ2) is 2.78. The van der Waals surface area contributed by atoms with Gasteiger partial charge in [-0.1, -0.05) is 13.0 Å².